The molecule has 0 unspecified atom stereocenters. The van der Waals surface area contributed by atoms with Gasteiger partial charge in [-0.1, -0.05) is 18.2 Å². The molecule has 2 aliphatic rings. The third-order valence-electron chi connectivity index (χ3n) is 3.55. The zero-order chi connectivity index (χ0) is 12.7. The van der Waals surface area contributed by atoms with Crippen LogP contribution in [-0.2, 0) is 16.0 Å². The smallest absolute Gasteiger partial charge is 0.246 e. The van der Waals surface area contributed by atoms with Gasteiger partial charge in [-0.25, -0.2) is 0 Å². The van der Waals surface area contributed by atoms with Gasteiger partial charge in [0.05, 0.1) is 12.2 Å². The van der Waals surface area contributed by atoms with Crippen LogP contribution in [0.25, 0.3) is 5.70 Å². The molecule has 0 fully saturated rings. The molecule has 18 heavy (non-hydrogen) atoms. The molecule has 0 atom stereocenters. The molecule has 4 nitrogen and oxygen atoms in total. The molecule has 1 aromatic carbocycles. The molecule has 0 saturated heterocycles. The van der Waals surface area contributed by atoms with Crippen LogP contribution in [-0.4, -0.2) is 29.8 Å². The average Bonchev–Trinajstić information content (AvgIpc) is 2.50. The van der Waals surface area contributed by atoms with E-state index in [2.05, 4.69) is 18.3 Å². The van der Waals surface area contributed by atoms with E-state index >= 15 is 0 Å². The Morgan fingerprint density at radius 2 is 2.11 bits per heavy atom. The van der Waals surface area contributed by atoms with Crippen LogP contribution >= 0.6 is 0 Å². The monoisotopic (exact) mass is 242 g/mol. The van der Waals surface area contributed by atoms with Crippen molar-refractivity contribution in [3.8, 4) is 0 Å². The lowest BCUT2D eigenvalue weighted by atomic mass is 9.92. The first-order valence-electron chi connectivity index (χ1n) is 6.05. The van der Waals surface area contributed by atoms with Crippen LogP contribution in [0.15, 0.2) is 24.3 Å². The van der Waals surface area contributed by atoms with Gasteiger partial charge in [-0.3, -0.25) is 9.59 Å². The highest BCUT2D eigenvalue weighted by molar-refractivity contribution is 6.03. The number of hydrogen-bond donors (Lipinski definition) is 1. The fourth-order valence-corrected chi connectivity index (χ4v) is 2.61. The van der Waals surface area contributed by atoms with E-state index in [9.17, 15) is 9.59 Å². The van der Waals surface area contributed by atoms with Gasteiger partial charge < -0.3 is 10.2 Å². The van der Waals surface area contributed by atoms with Crippen LogP contribution < -0.4 is 5.32 Å². The summed E-state index contributed by atoms with van der Waals surface area (Å²) in [5.74, 6) is -0.241. The minimum atomic E-state index is -0.199. The number of fused-ring (bicyclic) bond motifs is 3. The quantitative estimate of drug-likeness (QED) is 0.733. The molecule has 0 bridgehead atoms. The molecule has 0 aromatic heterocycles. The van der Waals surface area contributed by atoms with Crippen molar-refractivity contribution in [3.05, 3.63) is 41.0 Å². The number of aryl methyl sites for hydroxylation is 1. The third-order valence-corrected chi connectivity index (χ3v) is 3.55. The van der Waals surface area contributed by atoms with E-state index in [-0.39, 0.29) is 18.4 Å². The van der Waals surface area contributed by atoms with Crippen molar-refractivity contribution in [3.63, 3.8) is 0 Å². The van der Waals surface area contributed by atoms with Crippen molar-refractivity contribution < 1.29 is 9.59 Å². The van der Waals surface area contributed by atoms with Crippen LogP contribution in [0.2, 0.25) is 0 Å². The Morgan fingerprint density at radius 3 is 2.94 bits per heavy atom. The molecule has 1 aromatic rings. The first-order chi connectivity index (χ1) is 8.66. The molecule has 2 aliphatic heterocycles. The number of nitrogens with zero attached hydrogens (tertiary/aromatic N) is 1. The summed E-state index contributed by atoms with van der Waals surface area (Å²) < 4.78 is 0. The number of rotatable bonds is 0. The Kier molecular flexibility index (Phi) is 2.44. The lowest BCUT2D eigenvalue weighted by molar-refractivity contribution is -0.128. The number of carbonyl (C=O) groups is 2. The Balaban J connectivity index is 2.18. The number of benzene rings is 1. The molecule has 2 heterocycles. The van der Waals surface area contributed by atoms with Gasteiger partial charge in [0.2, 0.25) is 11.8 Å². The average molecular weight is 242 g/mol. The van der Waals surface area contributed by atoms with Crippen molar-refractivity contribution >= 4 is 17.5 Å². The van der Waals surface area contributed by atoms with Gasteiger partial charge in [0.25, 0.3) is 0 Å². The second kappa shape index (κ2) is 3.98. The van der Waals surface area contributed by atoms with Gasteiger partial charge in [0, 0.05) is 18.2 Å². The minimum absolute atomic E-state index is 0.0424. The number of nitrogens with one attached hydrogen (secondary N) is 1. The highest BCUT2D eigenvalue weighted by Gasteiger charge is 2.29. The molecule has 3 rings (SSSR count). The van der Waals surface area contributed by atoms with E-state index in [0.717, 1.165) is 17.7 Å². The summed E-state index contributed by atoms with van der Waals surface area (Å²) >= 11 is 0. The normalized spacial score (nSPS) is 18.5. The highest BCUT2D eigenvalue weighted by atomic mass is 16.2. The Bertz CT molecular complexity index is 575. The predicted octanol–water partition coefficient (Wildman–Crippen LogP) is 0.850. The Hall–Kier alpha value is -2.10. The third kappa shape index (κ3) is 1.61. The van der Waals surface area contributed by atoms with Crippen molar-refractivity contribution in [1.29, 1.82) is 0 Å². The van der Waals surface area contributed by atoms with E-state index in [1.54, 1.807) is 4.90 Å². The molecule has 4 heteroatoms. The van der Waals surface area contributed by atoms with Crippen LogP contribution in [0.4, 0.5) is 0 Å². The van der Waals surface area contributed by atoms with Gasteiger partial charge in [-0.05, 0) is 24.5 Å². The lowest BCUT2D eigenvalue weighted by Gasteiger charge is -2.31. The molecule has 92 valence electrons. The van der Waals surface area contributed by atoms with Gasteiger partial charge in [-0.15, -0.1) is 0 Å². The van der Waals surface area contributed by atoms with Crippen molar-refractivity contribution in [1.82, 2.24) is 10.2 Å². The summed E-state index contributed by atoms with van der Waals surface area (Å²) in [5, 5.41) is 2.59. The zero-order valence-electron chi connectivity index (χ0n) is 10.2. The Morgan fingerprint density at radius 1 is 1.28 bits per heavy atom. The van der Waals surface area contributed by atoms with Crippen LogP contribution in [0.5, 0.6) is 0 Å². The summed E-state index contributed by atoms with van der Waals surface area (Å²) in [6, 6.07) is 6.01. The molecule has 0 radical (unpaired) electrons. The van der Waals surface area contributed by atoms with E-state index in [0.29, 0.717) is 6.54 Å². The fraction of sp³-hybridized carbons (Fsp3) is 0.286. The van der Waals surface area contributed by atoms with Crippen molar-refractivity contribution in [2.45, 2.75) is 13.3 Å². The second-order valence-corrected chi connectivity index (χ2v) is 4.64. The molecule has 2 amide bonds. The summed E-state index contributed by atoms with van der Waals surface area (Å²) in [6.45, 7) is 2.80. The summed E-state index contributed by atoms with van der Waals surface area (Å²) in [4.78, 5) is 25.3. The number of amides is 2. The number of hydrogen-bond acceptors (Lipinski definition) is 2. The maximum absolute atomic E-state index is 12.0. The number of carbonyl (C=O) groups excluding carboxylic acids is 2. The lowest BCUT2D eigenvalue weighted by Crippen LogP contribution is -2.38. The standard InChI is InChI=1S/C14H14N2O2/c1-9-3-2-4-11-10(9)5-6-16-12(11)7-13(17)15-8-14(16)18/h2-4,7H,5-6,8H2,1H3,(H,15,17). The second-order valence-electron chi connectivity index (χ2n) is 4.64. The first-order valence-corrected chi connectivity index (χ1v) is 6.05. The van der Waals surface area contributed by atoms with Gasteiger partial charge in [0.1, 0.15) is 0 Å². The van der Waals surface area contributed by atoms with E-state index in [4.69, 9.17) is 0 Å². The molecule has 1 N–H and O–H groups in total. The summed E-state index contributed by atoms with van der Waals surface area (Å²) in [7, 11) is 0. The van der Waals surface area contributed by atoms with E-state index < -0.39 is 0 Å². The molecule has 0 saturated carbocycles. The van der Waals surface area contributed by atoms with E-state index in [1.807, 2.05) is 12.1 Å². The maximum atomic E-state index is 12.0. The molecule has 0 aliphatic carbocycles. The summed E-state index contributed by atoms with van der Waals surface area (Å²) in [6.07, 6.45) is 2.38. The van der Waals surface area contributed by atoms with Crippen LogP contribution in [0.3, 0.4) is 0 Å². The first kappa shape index (κ1) is 11.0. The minimum Gasteiger partial charge on any atom is -0.343 e. The zero-order valence-corrected chi connectivity index (χ0v) is 10.2. The molecular formula is C14H14N2O2. The maximum Gasteiger partial charge on any atom is 0.246 e. The van der Waals surface area contributed by atoms with Crippen molar-refractivity contribution in [2.75, 3.05) is 13.1 Å². The van der Waals surface area contributed by atoms with Gasteiger partial charge in [0.15, 0.2) is 0 Å². The fourth-order valence-electron chi connectivity index (χ4n) is 2.61. The predicted molar refractivity (Wildman–Crippen MR) is 67.6 cm³/mol. The van der Waals surface area contributed by atoms with E-state index in [1.165, 1.54) is 17.2 Å². The highest BCUT2D eigenvalue weighted by Crippen LogP contribution is 2.31. The molecular weight excluding hydrogens is 228 g/mol. The largest absolute Gasteiger partial charge is 0.343 e. The van der Waals surface area contributed by atoms with Gasteiger partial charge in [-0.2, -0.15) is 0 Å². The van der Waals surface area contributed by atoms with Gasteiger partial charge >= 0.3 is 0 Å². The molecule has 0 spiro atoms. The summed E-state index contributed by atoms with van der Waals surface area (Å²) in [5.41, 5.74) is 4.19. The van der Waals surface area contributed by atoms with Crippen molar-refractivity contribution in [2.24, 2.45) is 0 Å². The topological polar surface area (TPSA) is 49.4 Å². The Labute approximate surface area is 105 Å². The SMILES string of the molecule is Cc1cccc2c1CCN1C(=O)CNC(=O)C=C21. The van der Waals surface area contributed by atoms with Crippen LogP contribution in [0, 0.1) is 6.92 Å². The van der Waals surface area contributed by atoms with Crippen LogP contribution in [0.1, 0.15) is 16.7 Å².